The molecule has 0 N–H and O–H groups in total. The van der Waals surface area contributed by atoms with E-state index in [9.17, 15) is 26.4 Å². The lowest BCUT2D eigenvalue weighted by atomic mass is 9.99. The molecule has 5 nitrogen and oxygen atoms in total. The van der Waals surface area contributed by atoms with E-state index >= 15 is 0 Å². The second kappa shape index (κ2) is 9.65. The molecule has 1 aromatic rings. The Morgan fingerprint density at radius 3 is 2.07 bits per heavy atom. The highest BCUT2D eigenvalue weighted by Crippen LogP contribution is 2.32. The van der Waals surface area contributed by atoms with Gasteiger partial charge in [0, 0.05) is 5.92 Å². The largest absolute Gasteiger partial charge is 0.534 e. The minimum Gasteiger partial charge on any atom is -0.457 e. The first kappa shape index (κ1) is 25.0. The maximum atomic E-state index is 12.8. The van der Waals surface area contributed by atoms with Crippen LogP contribution in [0.15, 0.2) is 41.7 Å². The Hall–Kier alpha value is -2.03. The third-order valence-electron chi connectivity index (χ3n) is 3.69. The lowest BCUT2D eigenvalue weighted by Crippen LogP contribution is -2.29. The predicted octanol–water partition coefficient (Wildman–Crippen LogP) is 5.13. The molecule has 0 atom stereocenters. The van der Waals surface area contributed by atoms with Gasteiger partial charge >= 0.3 is 21.6 Å². The highest BCUT2D eigenvalue weighted by molar-refractivity contribution is 7.87. The van der Waals surface area contributed by atoms with Gasteiger partial charge in [0.1, 0.15) is 11.4 Å². The smallest absolute Gasteiger partial charge is 0.457 e. The van der Waals surface area contributed by atoms with E-state index in [1.54, 1.807) is 20.8 Å². The first-order valence-electron chi connectivity index (χ1n) is 9.15. The summed E-state index contributed by atoms with van der Waals surface area (Å²) in [6.07, 6.45) is 0.944. The molecule has 1 rings (SSSR count). The van der Waals surface area contributed by atoms with Gasteiger partial charge in [-0.05, 0) is 45.6 Å². The number of hydrogen-bond acceptors (Lipinski definition) is 5. The van der Waals surface area contributed by atoms with Crippen molar-refractivity contribution in [3.8, 4) is 0 Å². The number of carbonyl (C=O) groups excluding carboxylic acids is 1. The van der Waals surface area contributed by atoms with Crippen LogP contribution in [0.5, 0.6) is 0 Å². The van der Waals surface area contributed by atoms with E-state index < -0.39 is 38.9 Å². The normalized spacial score (nSPS) is 13.8. The SMILES string of the molecule is CC(C)/C(OS(=O)(=O)C(F)(F)F)=C(\CCCc1ccccc1)C(=O)OC(C)(C)C. The summed E-state index contributed by atoms with van der Waals surface area (Å²) in [5.41, 5.74) is -5.74. The van der Waals surface area contributed by atoms with E-state index in [2.05, 4.69) is 4.18 Å². The fourth-order valence-electron chi connectivity index (χ4n) is 2.44. The molecule has 0 amide bonds. The van der Waals surface area contributed by atoms with Crippen molar-refractivity contribution in [1.82, 2.24) is 0 Å². The van der Waals surface area contributed by atoms with Crippen molar-refractivity contribution in [3.63, 3.8) is 0 Å². The van der Waals surface area contributed by atoms with Gasteiger partial charge in [-0.3, -0.25) is 0 Å². The van der Waals surface area contributed by atoms with Gasteiger partial charge in [-0.15, -0.1) is 0 Å². The molecule has 164 valence electrons. The van der Waals surface area contributed by atoms with Gasteiger partial charge in [0.15, 0.2) is 0 Å². The van der Waals surface area contributed by atoms with Gasteiger partial charge in [0.05, 0.1) is 5.57 Å². The highest BCUT2D eigenvalue weighted by atomic mass is 32.2. The number of rotatable bonds is 8. The van der Waals surface area contributed by atoms with Crippen LogP contribution in [0.4, 0.5) is 13.2 Å². The highest BCUT2D eigenvalue weighted by Gasteiger charge is 2.49. The van der Waals surface area contributed by atoms with Crippen LogP contribution in [-0.2, 0) is 30.3 Å². The van der Waals surface area contributed by atoms with Crippen LogP contribution in [-0.4, -0.2) is 25.5 Å². The summed E-state index contributed by atoms with van der Waals surface area (Å²) in [5, 5.41) is 0. The first-order chi connectivity index (χ1) is 13.1. The second-order valence-electron chi connectivity index (χ2n) is 7.82. The lowest BCUT2D eigenvalue weighted by Gasteiger charge is -2.23. The molecule has 0 saturated heterocycles. The van der Waals surface area contributed by atoms with Crippen molar-refractivity contribution in [2.45, 2.75) is 65.0 Å². The molecule has 0 bridgehead atoms. The molecule has 0 radical (unpaired) electrons. The van der Waals surface area contributed by atoms with Crippen molar-refractivity contribution in [3.05, 3.63) is 47.2 Å². The molecule has 1 aromatic carbocycles. The summed E-state index contributed by atoms with van der Waals surface area (Å²) in [6.45, 7) is 7.71. The van der Waals surface area contributed by atoms with Crippen LogP contribution in [0.2, 0.25) is 0 Å². The molecule has 0 spiro atoms. The Balaban J connectivity index is 3.26. The van der Waals surface area contributed by atoms with Crippen LogP contribution in [0.25, 0.3) is 0 Å². The maximum Gasteiger partial charge on any atom is 0.534 e. The monoisotopic (exact) mass is 436 g/mol. The third kappa shape index (κ3) is 8.08. The number of hydrogen-bond donors (Lipinski definition) is 0. The fraction of sp³-hybridized carbons (Fsp3) is 0.550. The summed E-state index contributed by atoms with van der Waals surface area (Å²) in [4.78, 5) is 12.6. The molecular weight excluding hydrogens is 409 g/mol. The van der Waals surface area contributed by atoms with Gasteiger partial charge in [-0.25, -0.2) is 4.79 Å². The fourth-order valence-corrected chi connectivity index (χ4v) is 3.06. The molecule has 0 saturated carbocycles. The van der Waals surface area contributed by atoms with E-state index in [0.29, 0.717) is 12.8 Å². The van der Waals surface area contributed by atoms with Crippen LogP contribution in [0.1, 0.15) is 53.0 Å². The zero-order chi connectivity index (χ0) is 22.5. The topological polar surface area (TPSA) is 69.7 Å². The molecular formula is C20H27F3O5S. The van der Waals surface area contributed by atoms with Crippen LogP contribution >= 0.6 is 0 Å². The number of esters is 1. The maximum absolute atomic E-state index is 12.8. The van der Waals surface area contributed by atoms with Crippen molar-refractivity contribution in [1.29, 1.82) is 0 Å². The lowest BCUT2D eigenvalue weighted by molar-refractivity contribution is -0.150. The number of carbonyl (C=O) groups is 1. The van der Waals surface area contributed by atoms with Crippen LogP contribution < -0.4 is 0 Å². The molecule has 0 aliphatic heterocycles. The summed E-state index contributed by atoms with van der Waals surface area (Å²) in [6, 6.07) is 9.30. The molecule has 0 aromatic heterocycles. The summed E-state index contributed by atoms with van der Waals surface area (Å²) in [7, 11) is -5.91. The standard InChI is InChI=1S/C20H27F3O5S/c1-14(2)17(28-29(25,26)20(21,22)23)16(18(24)27-19(3,4)5)13-9-12-15-10-7-6-8-11-15/h6-8,10-11,14H,9,12-13H2,1-5H3/b17-16-. The Bertz CT molecular complexity index is 820. The Morgan fingerprint density at radius 1 is 1.07 bits per heavy atom. The molecule has 0 heterocycles. The van der Waals surface area contributed by atoms with E-state index in [4.69, 9.17) is 4.74 Å². The molecule has 9 heteroatoms. The van der Waals surface area contributed by atoms with E-state index in [0.717, 1.165) is 5.56 Å². The van der Waals surface area contributed by atoms with Gasteiger partial charge in [-0.2, -0.15) is 21.6 Å². The molecule has 0 aliphatic carbocycles. The molecule has 0 aliphatic rings. The number of benzene rings is 1. The molecule has 0 fully saturated rings. The van der Waals surface area contributed by atoms with Gasteiger partial charge < -0.3 is 8.92 Å². The summed E-state index contributed by atoms with van der Waals surface area (Å²) < 4.78 is 71.2. The number of halogens is 3. The minimum absolute atomic E-state index is 0.00466. The Morgan fingerprint density at radius 2 is 1.62 bits per heavy atom. The van der Waals surface area contributed by atoms with E-state index in [-0.39, 0.29) is 12.0 Å². The molecule has 29 heavy (non-hydrogen) atoms. The third-order valence-corrected chi connectivity index (χ3v) is 4.65. The Labute approximate surface area is 170 Å². The minimum atomic E-state index is -5.91. The van der Waals surface area contributed by atoms with Crippen molar-refractivity contribution >= 4 is 16.1 Å². The Kier molecular flexibility index (Phi) is 8.32. The van der Waals surface area contributed by atoms with Crippen LogP contribution in [0, 0.1) is 5.92 Å². The summed E-state index contributed by atoms with van der Waals surface area (Å²) in [5.74, 6) is -2.23. The van der Waals surface area contributed by atoms with Gasteiger partial charge in [-0.1, -0.05) is 44.2 Å². The van der Waals surface area contributed by atoms with Gasteiger partial charge in [0.25, 0.3) is 0 Å². The van der Waals surface area contributed by atoms with Crippen molar-refractivity contribution < 1.29 is 35.3 Å². The number of alkyl halides is 3. The molecule has 0 unspecified atom stereocenters. The van der Waals surface area contributed by atoms with Gasteiger partial charge in [0.2, 0.25) is 0 Å². The second-order valence-corrected chi connectivity index (χ2v) is 9.36. The van der Waals surface area contributed by atoms with Crippen LogP contribution in [0.3, 0.4) is 0 Å². The quantitative estimate of drug-likeness (QED) is 0.186. The number of allylic oxidation sites excluding steroid dienone is 1. The number of ether oxygens (including phenoxy) is 1. The van der Waals surface area contributed by atoms with E-state index in [1.807, 2.05) is 30.3 Å². The average Bonchev–Trinajstić information content (AvgIpc) is 2.55. The zero-order valence-corrected chi connectivity index (χ0v) is 18.0. The number of aryl methyl sites for hydroxylation is 1. The van der Waals surface area contributed by atoms with E-state index in [1.165, 1.54) is 13.8 Å². The predicted molar refractivity (Wildman–Crippen MR) is 103 cm³/mol. The first-order valence-corrected chi connectivity index (χ1v) is 10.6. The average molecular weight is 436 g/mol. The van der Waals surface area contributed by atoms with Crippen molar-refractivity contribution in [2.24, 2.45) is 5.92 Å². The summed E-state index contributed by atoms with van der Waals surface area (Å²) >= 11 is 0. The zero-order valence-electron chi connectivity index (χ0n) is 17.2. The van der Waals surface area contributed by atoms with Crippen molar-refractivity contribution in [2.75, 3.05) is 0 Å².